The fourth-order valence-electron chi connectivity index (χ4n) is 3.85. The van der Waals surface area contributed by atoms with Crippen molar-refractivity contribution in [2.75, 3.05) is 4.90 Å². The van der Waals surface area contributed by atoms with Crippen molar-refractivity contribution in [1.29, 1.82) is 0 Å². The molecule has 0 saturated carbocycles. The van der Waals surface area contributed by atoms with Crippen LogP contribution in [0.5, 0.6) is 0 Å². The molecule has 0 aliphatic heterocycles. The third kappa shape index (κ3) is 3.22. The summed E-state index contributed by atoms with van der Waals surface area (Å²) in [5.41, 5.74) is 4.91. The van der Waals surface area contributed by atoms with Gasteiger partial charge in [0.25, 0.3) is 0 Å². The van der Waals surface area contributed by atoms with Crippen LogP contribution in [0.1, 0.15) is 29.4 Å². The molecule has 3 aromatic rings. The lowest BCUT2D eigenvalue weighted by Gasteiger charge is -2.31. The average molecular weight is 348 g/mol. The van der Waals surface area contributed by atoms with Crippen molar-refractivity contribution in [3.63, 3.8) is 0 Å². The molecule has 134 valence electrons. The zero-order valence-corrected chi connectivity index (χ0v) is 15.0. The molecule has 2 aromatic carbocycles. The van der Waals surface area contributed by atoms with Crippen molar-refractivity contribution in [2.45, 2.75) is 45.5 Å². The van der Waals surface area contributed by atoms with E-state index in [9.17, 15) is 5.11 Å². The monoisotopic (exact) mass is 348 g/mol. The lowest BCUT2D eigenvalue weighted by Crippen LogP contribution is -2.36. The van der Waals surface area contributed by atoms with Crippen LogP contribution in [-0.4, -0.2) is 25.9 Å². The third-order valence-electron chi connectivity index (χ3n) is 5.20. The highest BCUT2D eigenvalue weighted by Crippen LogP contribution is 2.30. The number of nitrogens with zero attached hydrogens (tertiary/aromatic N) is 4. The van der Waals surface area contributed by atoms with E-state index in [4.69, 9.17) is 0 Å². The van der Waals surface area contributed by atoms with E-state index in [-0.39, 0.29) is 6.61 Å². The molecule has 0 amide bonds. The smallest absolute Gasteiger partial charge is 0.146 e. The molecule has 0 radical (unpaired) electrons. The lowest BCUT2D eigenvalue weighted by molar-refractivity contribution is 0.282. The number of anilines is 1. The number of rotatable bonds is 6. The molecule has 0 bridgehead atoms. The maximum Gasteiger partial charge on any atom is 0.146 e. The zero-order valence-electron chi connectivity index (χ0n) is 15.0. The molecule has 1 N–H and O–H groups in total. The van der Waals surface area contributed by atoms with Crippen LogP contribution >= 0.6 is 0 Å². The average Bonchev–Trinajstić information content (AvgIpc) is 3.32. The maximum absolute atomic E-state index is 9.55. The standard InChI is InChI=1S/C21H24N4O/c1-2-25-21(22-15-23-25)13-24(19-9-5-6-16(10-19)14-26)20-11-17-7-3-4-8-18(17)12-20/h3-10,15,20,26H,2,11-14H2,1H3. The van der Waals surface area contributed by atoms with Gasteiger partial charge in [-0.05, 0) is 48.6 Å². The summed E-state index contributed by atoms with van der Waals surface area (Å²) in [6, 6.07) is 17.2. The highest BCUT2D eigenvalue weighted by Gasteiger charge is 2.28. The molecule has 0 saturated heterocycles. The van der Waals surface area contributed by atoms with E-state index in [0.717, 1.165) is 36.5 Å². The van der Waals surface area contributed by atoms with Gasteiger partial charge in [0, 0.05) is 18.3 Å². The first kappa shape index (κ1) is 16.8. The summed E-state index contributed by atoms with van der Waals surface area (Å²) in [6.45, 7) is 3.66. The molecule has 0 spiro atoms. The summed E-state index contributed by atoms with van der Waals surface area (Å²) >= 11 is 0. The Balaban J connectivity index is 1.67. The van der Waals surface area contributed by atoms with Gasteiger partial charge in [-0.25, -0.2) is 9.67 Å². The number of hydrogen-bond acceptors (Lipinski definition) is 4. The maximum atomic E-state index is 9.55. The number of aryl methyl sites for hydroxylation is 1. The first-order valence-corrected chi connectivity index (χ1v) is 9.18. The predicted octanol–water partition coefficient (Wildman–Crippen LogP) is 2.96. The van der Waals surface area contributed by atoms with Crippen LogP contribution in [0, 0.1) is 0 Å². The highest BCUT2D eigenvalue weighted by molar-refractivity contribution is 5.51. The second kappa shape index (κ2) is 7.30. The molecule has 0 unspecified atom stereocenters. The second-order valence-electron chi connectivity index (χ2n) is 6.78. The van der Waals surface area contributed by atoms with E-state index in [1.807, 2.05) is 16.8 Å². The minimum Gasteiger partial charge on any atom is -0.392 e. The van der Waals surface area contributed by atoms with Gasteiger partial charge in [0.15, 0.2) is 0 Å². The van der Waals surface area contributed by atoms with Gasteiger partial charge < -0.3 is 10.0 Å². The molecular formula is C21H24N4O. The lowest BCUT2D eigenvalue weighted by atomic mass is 10.1. The van der Waals surface area contributed by atoms with E-state index < -0.39 is 0 Å². The van der Waals surface area contributed by atoms with Gasteiger partial charge in [0.1, 0.15) is 12.2 Å². The van der Waals surface area contributed by atoms with Crippen LogP contribution < -0.4 is 4.90 Å². The third-order valence-corrected chi connectivity index (χ3v) is 5.20. The van der Waals surface area contributed by atoms with Crippen LogP contribution in [0.4, 0.5) is 5.69 Å². The summed E-state index contributed by atoms with van der Waals surface area (Å²) in [6.07, 6.45) is 3.68. The highest BCUT2D eigenvalue weighted by atomic mass is 16.3. The second-order valence-corrected chi connectivity index (χ2v) is 6.78. The summed E-state index contributed by atoms with van der Waals surface area (Å²) in [4.78, 5) is 6.89. The first-order valence-electron chi connectivity index (χ1n) is 9.18. The number of aliphatic hydroxyl groups excluding tert-OH is 1. The van der Waals surface area contributed by atoms with Crippen molar-refractivity contribution in [2.24, 2.45) is 0 Å². The van der Waals surface area contributed by atoms with Gasteiger partial charge in [-0.15, -0.1) is 0 Å². The summed E-state index contributed by atoms with van der Waals surface area (Å²) in [7, 11) is 0. The van der Waals surface area contributed by atoms with Crippen molar-refractivity contribution < 1.29 is 5.11 Å². The topological polar surface area (TPSA) is 54.2 Å². The van der Waals surface area contributed by atoms with E-state index in [1.165, 1.54) is 11.1 Å². The largest absolute Gasteiger partial charge is 0.392 e. The van der Waals surface area contributed by atoms with E-state index in [0.29, 0.717) is 12.6 Å². The zero-order chi connectivity index (χ0) is 17.9. The molecule has 5 heteroatoms. The molecule has 1 aromatic heterocycles. The quantitative estimate of drug-likeness (QED) is 0.744. The SMILES string of the molecule is CCn1ncnc1CN(c1cccc(CO)c1)C1Cc2ccccc2C1. The fraction of sp³-hybridized carbons (Fsp3) is 0.333. The van der Waals surface area contributed by atoms with Crippen LogP contribution in [0.2, 0.25) is 0 Å². The van der Waals surface area contributed by atoms with Crippen LogP contribution in [0.3, 0.4) is 0 Å². The molecule has 0 atom stereocenters. The molecule has 0 fully saturated rings. The number of hydrogen-bond donors (Lipinski definition) is 1. The Morgan fingerprint density at radius 3 is 2.58 bits per heavy atom. The number of aromatic nitrogens is 3. The molecule has 1 aliphatic rings. The van der Waals surface area contributed by atoms with E-state index in [1.54, 1.807) is 6.33 Å². The minimum atomic E-state index is 0.0533. The van der Waals surface area contributed by atoms with E-state index >= 15 is 0 Å². The molecule has 1 aliphatic carbocycles. The summed E-state index contributed by atoms with van der Waals surface area (Å²) in [5, 5.41) is 13.9. The van der Waals surface area contributed by atoms with Crippen LogP contribution in [0.25, 0.3) is 0 Å². The number of benzene rings is 2. The van der Waals surface area contributed by atoms with Gasteiger partial charge in [0.2, 0.25) is 0 Å². The summed E-state index contributed by atoms with van der Waals surface area (Å²) < 4.78 is 1.95. The minimum absolute atomic E-state index is 0.0533. The molecule has 4 rings (SSSR count). The fourth-order valence-corrected chi connectivity index (χ4v) is 3.85. The van der Waals surface area contributed by atoms with Gasteiger partial charge in [-0.2, -0.15) is 5.10 Å². The van der Waals surface area contributed by atoms with Crippen molar-refractivity contribution in [3.05, 3.63) is 77.4 Å². The predicted molar refractivity (Wildman–Crippen MR) is 102 cm³/mol. The first-order chi connectivity index (χ1) is 12.8. The van der Waals surface area contributed by atoms with Crippen molar-refractivity contribution in [3.8, 4) is 0 Å². The number of aliphatic hydroxyl groups is 1. The van der Waals surface area contributed by atoms with Crippen LogP contribution in [-0.2, 0) is 32.5 Å². The van der Waals surface area contributed by atoms with E-state index in [2.05, 4.69) is 58.3 Å². The van der Waals surface area contributed by atoms with Gasteiger partial charge in [-0.1, -0.05) is 36.4 Å². The van der Waals surface area contributed by atoms with Gasteiger partial charge in [0.05, 0.1) is 13.2 Å². The Kier molecular flexibility index (Phi) is 4.71. The van der Waals surface area contributed by atoms with Gasteiger partial charge >= 0.3 is 0 Å². The number of fused-ring (bicyclic) bond motifs is 1. The van der Waals surface area contributed by atoms with Gasteiger partial charge in [-0.3, -0.25) is 0 Å². The normalized spacial score (nSPS) is 13.8. The Labute approximate surface area is 153 Å². The molecule has 1 heterocycles. The molecule has 26 heavy (non-hydrogen) atoms. The molecular weight excluding hydrogens is 324 g/mol. The Morgan fingerprint density at radius 2 is 1.88 bits per heavy atom. The Hall–Kier alpha value is -2.66. The van der Waals surface area contributed by atoms with Crippen LogP contribution in [0.15, 0.2) is 54.9 Å². The Morgan fingerprint density at radius 1 is 1.12 bits per heavy atom. The summed E-state index contributed by atoms with van der Waals surface area (Å²) in [5.74, 6) is 0.970. The molecule has 5 nitrogen and oxygen atoms in total. The van der Waals surface area contributed by atoms with Crippen molar-refractivity contribution in [1.82, 2.24) is 14.8 Å². The Bertz CT molecular complexity index is 864. The van der Waals surface area contributed by atoms with Crippen molar-refractivity contribution >= 4 is 5.69 Å².